The first kappa shape index (κ1) is 15.6. The lowest BCUT2D eigenvalue weighted by Crippen LogP contribution is -2.11. The van der Waals surface area contributed by atoms with Crippen LogP contribution in [0.4, 0.5) is 0 Å². The Balaban J connectivity index is 2.84. The summed E-state index contributed by atoms with van der Waals surface area (Å²) in [4.78, 5) is 0. The molecule has 0 aliphatic carbocycles. The molecule has 1 atom stereocenters. The van der Waals surface area contributed by atoms with Crippen molar-refractivity contribution in [3.63, 3.8) is 0 Å². The topological polar surface area (TPSA) is 44.5 Å². The van der Waals surface area contributed by atoms with Crippen LogP contribution in [0, 0.1) is 0 Å². The third-order valence-electron chi connectivity index (χ3n) is 2.88. The molecule has 0 aromatic heterocycles. The molecule has 0 aliphatic rings. The van der Waals surface area contributed by atoms with E-state index in [-0.39, 0.29) is 6.04 Å². The molecule has 0 bridgehead atoms. The first-order chi connectivity index (χ1) is 9.08. The van der Waals surface area contributed by atoms with Crippen LogP contribution in [0.3, 0.4) is 0 Å². The Kier molecular flexibility index (Phi) is 6.43. The zero-order valence-electron chi connectivity index (χ0n) is 12.2. The Morgan fingerprint density at radius 2 is 1.84 bits per heavy atom. The Labute approximate surface area is 116 Å². The van der Waals surface area contributed by atoms with Crippen molar-refractivity contribution in [3.8, 4) is 11.5 Å². The van der Waals surface area contributed by atoms with Crippen molar-refractivity contribution in [1.29, 1.82) is 0 Å². The maximum Gasteiger partial charge on any atom is 0.161 e. The average Bonchev–Trinajstić information content (AvgIpc) is 2.38. The molecular formula is C16H25NO2. The molecule has 1 aromatic carbocycles. The molecule has 0 aliphatic heterocycles. The van der Waals surface area contributed by atoms with E-state index in [1.54, 1.807) is 0 Å². The molecule has 0 spiro atoms. The van der Waals surface area contributed by atoms with Gasteiger partial charge in [-0.2, -0.15) is 0 Å². The van der Waals surface area contributed by atoms with Crippen LogP contribution in [0.2, 0.25) is 0 Å². The third-order valence-corrected chi connectivity index (χ3v) is 2.88. The first-order valence-electron chi connectivity index (χ1n) is 6.88. The molecule has 0 saturated carbocycles. The molecular weight excluding hydrogens is 238 g/mol. The van der Waals surface area contributed by atoms with Crippen molar-refractivity contribution in [1.82, 2.24) is 0 Å². The van der Waals surface area contributed by atoms with Gasteiger partial charge in [-0.3, -0.25) is 0 Å². The van der Waals surface area contributed by atoms with E-state index in [0.29, 0.717) is 13.2 Å². The van der Waals surface area contributed by atoms with Crippen molar-refractivity contribution in [2.75, 3.05) is 13.2 Å². The first-order valence-corrected chi connectivity index (χ1v) is 6.88. The molecule has 1 rings (SSSR count). The van der Waals surface area contributed by atoms with E-state index in [9.17, 15) is 0 Å². The summed E-state index contributed by atoms with van der Waals surface area (Å²) in [6, 6.07) is 5.94. The number of benzene rings is 1. The van der Waals surface area contributed by atoms with Gasteiger partial charge in [0.1, 0.15) is 0 Å². The van der Waals surface area contributed by atoms with Gasteiger partial charge in [0.15, 0.2) is 11.5 Å². The summed E-state index contributed by atoms with van der Waals surface area (Å²) in [5, 5.41) is 0. The van der Waals surface area contributed by atoms with E-state index in [0.717, 1.165) is 35.5 Å². The van der Waals surface area contributed by atoms with Crippen LogP contribution in [0.15, 0.2) is 30.4 Å². The fourth-order valence-corrected chi connectivity index (χ4v) is 1.87. The van der Waals surface area contributed by atoms with Crippen LogP contribution in [-0.2, 0) is 0 Å². The lowest BCUT2D eigenvalue weighted by molar-refractivity contribution is 0.287. The number of hydrogen-bond acceptors (Lipinski definition) is 3. The molecule has 19 heavy (non-hydrogen) atoms. The Morgan fingerprint density at radius 3 is 2.42 bits per heavy atom. The minimum Gasteiger partial charge on any atom is -0.490 e. The van der Waals surface area contributed by atoms with Gasteiger partial charge < -0.3 is 15.2 Å². The molecule has 0 saturated heterocycles. The quantitative estimate of drug-likeness (QED) is 0.725. The van der Waals surface area contributed by atoms with Gasteiger partial charge in [-0.15, -0.1) is 6.58 Å². The van der Waals surface area contributed by atoms with Crippen LogP contribution in [0.1, 0.15) is 45.2 Å². The number of nitrogens with two attached hydrogens (primary N) is 1. The zero-order valence-corrected chi connectivity index (χ0v) is 12.2. The Morgan fingerprint density at radius 1 is 1.21 bits per heavy atom. The fraction of sp³-hybridized carbons (Fsp3) is 0.500. The molecule has 1 aromatic rings. The highest BCUT2D eigenvalue weighted by Gasteiger charge is 2.11. The predicted octanol–water partition coefficient (Wildman–Crippen LogP) is 3.84. The minimum absolute atomic E-state index is 0.00610. The molecule has 1 unspecified atom stereocenters. The van der Waals surface area contributed by atoms with Crippen molar-refractivity contribution < 1.29 is 9.47 Å². The van der Waals surface area contributed by atoms with Crippen molar-refractivity contribution in [3.05, 3.63) is 35.9 Å². The second kappa shape index (κ2) is 7.85. The van der Waals surface area contributed by atoms with E-state index in [2.05, 4.69) is 6.58 Å². The molecule has 0 amide bonds. The van der Waals surface area contributed by atoms with Gasteiger partial charge in [0.2, 0.25) is 0 Å². The smallest absolute Gasteiger partial charge is 0.161 e. The van der Waals surface area contributed by atoms with Gasteiger partial charge in [0, 0.05) is 6.04 Å². The summed E-state index contributed by atoms with van der Waals surface area (Å²) in [6.45, 7) is 11.1. The van der Waals surface area contributed by atoms with Gasteiger partial charge in [-0.05, 0) is 51.3 Å². The van der Waals surface area contributed by atoms with Gasteiger partial charge in [0.05, 0.1) is 13.2 Å². The standard InChI is InChI=1S/C16H25NO2/c1-5-18-15-10-8-13(11-16(15)19-6-2)14(17)9-7-12(3)4/h8,10-11,14H,3,5-7,9,17H2,1-2,4H3. The highest BCUT2D eigenvalue weighted by atomic mass is 16.5. The lowest BCUT2D eigenvalue weighted by atomic mass is 10.0. The van der Waals surface area contributed by atoms with Crippen molar-refractivity contribution >= 4 is 0 Å². The van der Waals surface area contributed by atoms with E-state index < -0.39 is 0 Å². The minimum atomic E-state index is 0.00610. The molecule has 0 heterocycles. The van der Waals surface area contributed by atoms with Crippen LogP contribution >= 0.6 is 0 Å². The average molecular weight is 263 g/mol. The van der Waals surface area contributed by atoms with E-state index >= 15 is 0 Å². The van der Waals surface area contributed by atoms with Gasteiger partial charge in [-0.1, -0.05) is 11.6 Å². The van der Waals surface area contributed by atoms with Gasteiger partial charge in [0.25, 0.3) is 0 Å². The number of ether oxygens (including phenoxy) is 2. The zero-order chi connectivity index (χ0) is 14.3. The Bertz CT molecular complexity index is 415. The summed E-state index contributed by atoms with van der Waals surface area (Å²) in [7, 11) is 0. The van der Waals surface area contributed by atoms with E-state index in [4.69, 9.17) is 15.2 Å². The fourth-order valence-electron chi connectivity index (χ4n) is 1.87. The van der Waals surface area contributed by atoms with Crippen LogP contribution in [0.5, 0.6) is 11.5 Å². The van der Waals surface area contributed by atoms with E-state index in [1.165, 1.54) is 0 Å². The predicted molar refractivity (Wildman–Crippen MR) is 79.8 cm³/mol. The van der Waals surface area contributed by atoms with E-state index in [1.807, 2.05) is 39.0 Å². The van der Waals surface area contributed by atoms with Crippen molar-refractivity contribution in [2.24, 2.45) is 5.73 Å². The maximum atomic E-state index is 6.19. The second-order valence-electron chi connectivity index (χ2n) is 4.67. The summed E-state index contributed by atoms with van der Waals surface area (Å²) in [5.41, 5.74) is 8.43. The van der Waals surface area contributed by atoms with Crippen molar-refractivity contribution in [2.45, 2.75) is 39.7 Å². The number of rotatable bonds is 8. The molecule has 0 fully saturated rings. The molecule has 106 valence electrons. The van der Waals surface area contributed by atoms with Gasteiger partial charge >= 0.3 is 0 Å². The summed E-state index contributed by atoms with van der Waals surface area (Å²) >= 11 is 0. The highest BCUT2D eigenvalue weighted by Crippen LogP contribution is 2.31. The third kappa shape index (κ3) is 4.95. The molecule has 2 N–H and O–H groups in total. The lowest BCUT2D eigenvalue weighted by Gasteiger charge is -2.16. The van der Waals surface area contributed by atoms with Crippen LogP contribution in [-0.4, -0.2) is 13.2 Å². The maximum absolute atomic E-state index is 6.19. The normalized spacial score (nSPS) is 12.0. The van der Waals surface area contributed by atoms with Crippen LogP contribution in [0.25, 0.3) is 0 Å². The van der Waals surface area contributed by atoms with Crippen LogP contribution < -0.4 is 15.2 Å². The summed E-state index contributed by atoms with van der Waals surface area (Å²) in [5.74, 6) is 1.55. The largest absolute Gasteiger partial charge is 0.490 e. The number of hydrogen-bond donors (Lipinski definition) is 1. The highest BCUT2D eigenvalue weighted by molar-refractivity contribution is 5.43. The summed E-state index contributed by atoms with van der Waals surface area (Å²) in [6.07, 6.45) is 1.84. The molecule has 3 nitrogen and oxygen atoms in total. The monoisotopic (exact) mass is 263 g/mol. The summed E-state index contributed by atoms with van der Waals surface area (Å²) < 4.78 is 11.2. The second-order valence-corrected chi connectivity index (χ2v) is 4.67. The van der Waals surface area contributed by atoms with Gasteiger partial charge in [-0.25, -0.2) is 0 Å². The molecule has 3 heteroatoms. The molecule has 0 radical (unpaired) electrons. The SMILES string of the molecule is C=C(C)CCC(N)c1ccc(OCC)c(OCC)c1. The Hall–Kier alpha value is -1.48. The number of allylic oxidation sites excluding steroid dienone is 1.